The van der Waals surface area contributed by atoms with Crippen LogP contribution in [0.1, 0.15) is 163 Å². The van der Waals surface area contributed by atoms with Crippen LogP contribution in [0.3, 0.4) is 0 Å². The molecule has 11 aromatic carbocycles. The summed E-state index contributed by atoms with van der Waals surface area (Å²) in [5.41, 5.74) is 25.1. The van der Waals surface area contributed by atoms with Gasteiger partial charge in [-0.05, 0) is 265 Å². The summed E-state index contributed by atoms with van der Waals surface area (Å²) >= 11 is 0. The molecule has 0 aliphatic heterocycles. The van der Waals surface area contributed by atoms with Gasteiger partial charge in [0, 0.05) is 155 Å². The summed E-state index contributed by atoms with van der Waals surface area (Å²) in [4.78, 5) is 79.0. The van der Waals surface area contributed by atoms with Crippen LogP contribution in [0.2, 0.25) is 0 Å². The number of benzene rings is 11. The van der Waals surface area contributed by atoms with E-state index in [1.165, 1.54) is 39.1 Å². The number of phenols is 3. The van der Waals surface area contributed by atoms with Crippen molar-refractivity contribution in [2.24, 2.45) is 0 Å². The van der Waals surface area contributed by atoms with Crippen LogP contribution in [0.25, 0.3) is 71.9 Å². The first-order valence-corrected chi connectivity index (χ1v) is 49.2. The summed E-state index contributed by atoms with van der Waals surface area (Å²) in [6, 6.07) is 96.8. The quantitative estimate of drug-likeness (QED) is 0.0215. The number of halogens is 5. The number of amides is 1. The number of ether oxygens (including phenoxy) is 1. The maximum atomic E-state index is 14.0. The number of hydrogen-bond acceptors (Lipinski definition) is 13. The number of nitrogens with one attached hydrogen (secondary N) is 3. The van der Waals surface area contributed by atoms with E-state index in [9.17, 15) is 56.4 Å². The monoisotopic (exact) mass is 1950 g/mol. The van der Waals surface area contributed by atoms with Gasteiger partial charge in [-0.2, -0.15) is 18.3 Å². The van der Waals surface area contributed by atoms with E-state index in [0.29, 0.717) is 80.4 Å². The molecule has 18 aromatic rings. The van der Waals surface area contributed by atoms with E-state index in [-0.39, 0.29) is 77.8 Å². The van der Waals surface area contributed by atoms with E-state index in [1.54, 1.807) is 55.9 Å². The minimum atomic E-state index is -4.55. The highest BCUT2D eigenvalue weighted by Gasteiger charge is 2.40. The molecule has 0 saturated heterocycles. The molecule has 0 radical (unpaired) electrons. The highest BCUT2D eigenvalue weighted by atomic mass is 19.4. The highest BCUT2D eigenvalue weighted by Crippen LogP contribution is 2.43. The molecule has 0 fully saturated rings. The van der Waals surface area contributed by atoms with E-state index in [0.717, 1.165) is 148 Å². The Labute approximate surface area is 845 Å². The second-order valence-corrected chi connectivity index (χ2v) is 37.4. The van der Waals surface area contributed by atoms with E-state index < -0.39 is 41.4 Å². The molecule has 0 bridgehead atoms. The Balaban J connectivity index is 0.000000133. The van der Waals surface area contributed by atoms with Crippen LogP contribution in [0.4, 0.5) is 22.0 Å². The van der Waals surface area contributed by atoms with E-state index in [4.69, 9.17) is 14.7 Å². The number of carbonyl (C=O) groups excluding carboxylic acids is 4. The number of phenolic OH excluding ortho intramolecular Hbond substituents is 3. The van der Waals surface area contributed by atoms with Crippen LogP contribution >= 0.6 is 0 Å². The lowest BCUT2D eigenvalue weighted by atomic mass is 9.85. The van der Waals surface area contributed by atoms with Crippen molar-refractivity contribution in [3.63, 3.8) is 0 Å². The van der Waals surface area contributed by atoms with Crippen molar-refractivity contribution >= 4 is 50.6 Å². The van der Waals surface area contributed by atoms with Crippen LogP contribution in [0.15, 0.2) is 353 Å². The number of ketones is 3. The van der Waals surface area contributed by atoms with Gasteiger partial charge in [-0.1, -0.05) is 212 Å². The molecule has 22 heteroatoms. The average Bonchev–Trinajstić information content (AvgIpc) is 1.60. The van der Waals surface area contributed by atoms with Gasteiger partial charge >= 0.3 is 6.18 Å². The van der Waals surface area contributed by atoms with Gasteiger partial charge in [-0.3, -0.25) is 43.8 Å². The Morgan fingerprint density at radius 2 is 0.836 bits per heavy atom. The Bertz CT molecular complexity index is 7450. The molecule has 1 amide bonds. The predicted molar refractivity (Wildman–Crippen MR) is 564 cm³/mol. The molecule has 4 atom stereocenters. The average molecular weight is 1950 g/mol. The second-order valence-electron chi connectivity index (χ2n) is 37.4. The molecule has 146 heavy (non-hydrogen) atoms. The van der Waals surface area contributed by atoms with Crippen molar-refractivity contribution in [1.29, 1.82) is 0 Å². The molecule has 2 aliphatic rings. The summed E-state index contributed by atoms with van der Waals surface area (Å²) in [7, 11) is 1.60. The SMILES string of the molecule is COc1ccc(-c2cccnc2[C@@H](CC(=O)CC2=CCc3ccc(O)cc32)Cc2cc(F)cc(F)c2)cc1.Cc1ccccc1-c1cccnc1[C@@H](CC(=O)Cc1c[nH]c2ccc(O)cc12)Cc1ccccc1.Cc1ccccc1-c1cccnc1[C@@H](Cc1ccccc1)NC(=O)Cn1nc(C(F)(F)F)c2c1CCCC2.Cc1ccccc1-c1cccnc1[C@H](CC(=O)Cc1c[nH]c2ccc(O)cc12)Cc1ccccc1. The smallest absolute Gasteiger partial charge is 0.435 e. The molecule has 20 rings (SSSR count). The third-order valence-electron chi connectivity index (χ3n) is 27.1. The number of hydrogen-bond donors (Lipinski definition) is 6. The minimum absolute atomic E-state index is 0.0133. The van der Waals surface area contributed by atoms with Gasteiger partial charge in [0.15, 0.2) is 5.69 Å². The molecule has 17 nitrogen and oxygen atoms in total. The Hall–Kier alpha value is -16.6. The third-order valence-corrected chi connectivity index (χ3v) is 27.1. The predicted octanol–water partition coefficient (Wildman–Crippen LogP) is 26.9. The van der Waals surface area contributed by atoms with Gasteiger partial charge in [-0.15, -0.1) is 0 Å². The highest BCUT2D eigenvalue weighted by molar-refractivity contribution is 5.94. The lowest BCUT2D eigenvalue weighted by Crippen LogP contribution is -2.34. The summed E-state index contributed by atoms with van der Waals surface area (Å²) in [6.45, 7) is 5.96. The van der Waals surface area contributed by atoms with Crippen LogP contribution < -0.4 is 10.1 Å². The van der Waals surface area contributed by atoms with Gasteiger partial charge in [0.1, 0.15) is 58.5 Å². The molecule has 6 N–H and O–H groups in total. The number of Topliss-reactive ketones (excluding diaryl/α,β-unsaturated/α-hetero) is 3. The third kappa shape index (κ3) is 25.3. The van der Waals surface area contributed by atoms with Gasteiger partial charge in [0.25, 0.3) is 0 Å². The Morgan fingerprint density at radius 1 is 0.425 bits per heavy atom. The van der Waals surface area contributed by atoms with Crippen molar-refractivity contribution in [1.82, 2.24) is 45.0 Å². The molecule has 2 aliphatic carbocycles. The minimum Gasteiger partial charge on any atom is -0.508 e. The number of H-pyrrole nitrogens is 2. The van der Waals surface area contributed by atoms with Crippen molar-refractivity contribution in [2.75, 3.05) is 7.11 Å². The van der Waals surface area contributed by atoms with E-state index >= 15 is 0 Å². The van der Waals surface area contributed by atoms with Gasteiger partial charge < -0.3 is 35.3 Å². The molecule has 0 spiro atoms. The number of methoxy groups -OCH3 is 1. The zero-order valence-electron chi connectivity index (χ0n) is 81.6. The van der Waals surface area contributed by atoms with Crippen molar-refractivity contribution in [3.05, 3.63) is 465 Å². The topological polar surface area (TPSA) is 251 Å². The van der Waals surface area contributed by atoms with E-state index in [2.05, 4.69) is 105 Å². The maximum absolute atomic E-state index is 14.0. The first-order valence-electron chi connectivity index (χ1n) is 49.2. The van der Waals surface area contributed by atoms with Crippen molar-refractivity contribution in [2.45, 2.75) is 154 Å². The number of allylic oxidation sites excluding steroid dienone is 2. The normalized spacial score (nSPS) is 12.8. The molecule has 7 aromatic heterocycles. The lowest BCUT2D eigenvalue weighted by Gasteiger charge is -2.22. The molecular weight excluding hydrogens is 1840 g/mol. The molecular formula is C124H112F5N9O8. The number of aromatic amines is 2. The Kier molecular flexibility index (Phi) is 32.5. The summed E-state index contributed by atoms with van der Waals surface area (Å²) in [5.74, 6) is -0.682. The molecule has 7 heterocycles. The van der Waals surface area contributed by atoms with Crippen molar-refractivity contribution < 1.29 is 61.2 Å². The van der Waals surface area contributed by atoms with Gasteiger partial charge in [-0.25, -0.2) is 8.78 Å². The summed E-state index contributed by atoms with van der Waals surface area (Å²) in [6.07, 6.45) is 15.1. The fourth-order valence-electron chi connectivity index (χ4n) is 20.2. The van der Waals surface area contributed by atoms with Gasteiger partial charge in [0.2, 0.25) is 5.91 Å². The molecule has 0 unspecified atom stereocenters. The van der Waals surface area contributed by atoms with Crippen LogP contribution in [0.5, 0.6) is 23.0 Å². The fraction of sp³-hybridized carbons (Fsp3) is 0.202. The Morgan fingerprint density at radius 3 is 1.32 bits per heavy atom. The number of aromatic hydroxyl groups is 3. The number of aromatic nitrogens is 8. The zero-order valence-corrected chi connectivity index (χ0v) is 81.6. The summed E-state index contributed by atoms with van der Waals surface area (Å²) in [5, 5.41) is 38.5. The lowest BCUT2D eigenvalue weighted by molar-refractivity contribution is -0.142. The number of aryl methyl sites for hydroxylation is 3. The molecule has 736 valence electrons. The fourth-order valence-corrected chi connectivity index (χ4v) is 20.2. The van der Waals surface area contributed by atoms with E-state index in [1.807, 2.05) is 232 Å². The van der Waals surface area contributed by atoms with Crippen LogP contribution in [-0.2, 0) is 89.7 Å². The zero-order chi connectivity index (χ0) is 102. The number of rotatable bonds is 32. The number of nitrogens with zero attached hydrogens (tertiary/aromatic N) is 6. The molecule has 0 saturated carbocycles. The van der Waals surface area contributed by atoms with Gasteiger partial charge in [0.05, 0.1) is 35.9 Å². The number of pyridine rings is 4. The number of fused-ring (bicyclic) bond motifs is 4. The number of alkyl halides is 3. The standard InChI is InChI=1S/C32H27F2NO3.2C31H28N2O2.C30H29F3N4O/c1-38-29-10-7-21(8-11-29)30-3-2-12-35-32(30)24(13-20-14-25(33)18-26(34)15-20)17-28(37)16-23-5-4-22-6-9-27(36)19-31(22)23;2*1-21-8-5-6-11-27(21)28-12-7-15-32-31(28)23(16-22-9-3-2-4-10-22)17-26(35)18-24-20-33-30-14-13-25(34)19-29(24)30;1-20-10-5-6-13-22(20)23-15-9-17-34-28(23)25(18-21-11-3-2-4-12-21)35-27(38)19-37-26-16-8-7-14-24(26)29(36-37)30(31,32)33/h2-3,5-12,14-15,18-19,24,36H,4,13,16-17H2,1H3;2*2-15,19-20,23,33-34H,16-18H2,1H3;2-6,9-13,15,17,25H,7-8,14,16,18-19H2,1H3,(H,35,38)/t24-;2*23-;25-/m1101/s1. The maximum Gasteiger partial charge on any atom is 0.435 e. The number of carbonyl (C=O) groups is 4. The first-order chi connectivity index (χ1) is 70.9. The van der Waals surface area contributed by atoms with Crippen molar-refractivity contribution in [3.8, 4) is 67.5 Å². The summed E-state index contributed by atoms with van der Waals surface area (Å²) < 4.78 is 75.6. The van der Waals surface area contributed by atoms with Crippen LogP contribution in [-0.4, -0.2) is 85.4 Å². The van der Waals surface area contributed by atoms with Crippen LogP contribution in [0, 0.1) is 32.4 Å². The second kappa shape index (κ2) is 47.1. The first kappa shape index (κ1) is 101. The largest absolute Gasteiger partial charge is 0.508 e.